The van der Waals surface area contributed by atoms with Gasteiger partial charge in [0.2, 0.25) is 5.91 Å². The minimum Gasteiger partial charge on any atom is -0.396 e. The van der Waals surface area contributed by atoms with Gasteiger partial charge in [0.25, 0.3) is 0 Å². The molecule has 0 radical (unpaired) electrons. The van der Waals surface area contributed by atoms with Crippen LogP contribution in [0.5, 0.6) is 0 Å². The molecular weight excluding hydrogens is 168 g/mol. The molecule has 0 heterocycles. The van der Waals surface area contributed by atoms with E-state index in [1.807, 2.05) is 0 Å². The summed E-state index contributed by atoms with van der Waals surface area (Å²) in [6, 6.07) is 0.345. The van der Waals surface area contributed by atoms with Gasteiger partial charge in [-0.05, 0) is 19.3 Å². The molecule has 1 amide bonds. The van der Waals surface area contributed by atoms with Gasteiger partial charge in [0, 0.05) is 19.1 Å². The van der Waals surface area contributed by atoms with E-state index in [1.54, 1.807) is 0 Å². The number of nitrogens with one attached hydrogen (secondary N) is 2. The third kappa shape index (κ3) is 6.54. The van der Waals surface area contributed by atoms with Crippen LogP contribution < -0.4 is 10.9 Å². The minimum atomic E-state index is -0.0547. The summed E-state index contributed by atoms with van der Waals surface area (Å²) >= 11 is 0. The Morgan fingerprint density at radius 1 is 1.38 bits per heavy atom. The molecule has 0 atom stereocenters. The van der Waals surface area contributed by atoms with Crippen molar-refractivity contribution in [1.82, 2.24) is 10.9 Å². The normalized spacial score (nSPS) is 10.5. The van der Waals surface area contributed by atoms with Crippen molar-refractivity contribution in [2.45, 2.75) is 45.6 Å². The first-order chi connectivity index (χ1) is 6.24. The molecule has 13 heavy (non-hydrogen) atoms. The quantitative estimate of drug-likeness (QED) is 0.512. The van der Waals surface area contributed by atoms with Crippen molar-refractivity contribution in [2.75, 3.05) is 6.61 Å². The lowest BCUT2D eigenvalue weighted by Crippen LogP contribution is -2.43. The maximum absolute atomic E-state index is 11.1. The molecule has 0 aromatic rings. The van der Waals surface area contributed by atoms with Crippen LogP contribution in [0.2, 0.25) is 0 Å². The highest BCUT2D eigenvalue weighted by molar-refractivity contribution is 5.75. The first-order valence-corrected chi connectivity index (χ1v) is 4.89. The zero-order chi connectivity index (χ0) is 10.1. The molecule has 0 fully saturated rings. The van der Waals surface area contributed by atoms with Gasteiger partial charge >= 0.3 is 0 Å². The molecule has 78 valence electrons. The summed E-state index contributed by atoms with van der Waals surface area (Å²) in [5, 5.41) is 8.48. The summed E-state index contributed by atoms with van der Waals surface area (Å²) in [5.41, 5.74) is 5.57. The lowest BCUT2D eigenvalue weighted by atomic mass is 10.2. The molecular formula is C9H20N2O2. The first-order valence-electron chi connectivity index (χ1n) is 4.89. The number of aliphatic hydroxyl groups is 1. The van der Waals surface area contributed by atoms with Crippen LogP contribution >= 0.6 is 0 Å². The van der Waals surface area contributed by atoms with Gasteiger partial charge in [0.15, 0.2) is 0 Å². The van der Waals surface area contributed by atoms with E-state index < -0.39 is 0 Å². The molecule has 4 heteroatoms. The van der Waals surface area contributed by atoms with Crippen LogP contribution in [0.25, 0.3) is 0 Å². The van der Waals surface area contributed by atoms with Gasteiger partial charge in [-0.3, -0.25) is 10.2 Å². The maximum atomic E-state index is 11.1. The summed E-state index contributed by atoms with van der Waals surface area (Å²) in [6.45, 7) is 4.21. The molecule has 3 N–H and O–H groups in total. The molecule has 0 aliphatic heterocycles. The molecule has 0 rings (SSSR count). The standard InChI is InChI=1S/C9H20N2O2/c1-3-8(4-2)10-11-9(13)6-5-7-12/h8,10,12H,3-7H2,1-2H3,(H,11,13). The number of hydrazine groups is 1. The number of carbonyl (C=O) groups is 1. The molecule has 0 aliphatic carbocycles. The van der Waals surface area contributed by atoms with Crippen molar-refractivity contribution in [3.8, 4) is 0 Å². The van der Waals surface area contributed by atoms with Crippen LogP contribution in [0, 0.1) is 0 Å². The fourth-order valence-electron chi connectivity index (χ4n) is 0.977. The average Bonchev–Trinajstić information content (AvgIpc) is 2.16. The maximum Gasteiger partial charge on any atom is 0.234 e. The van der Waals surface area contributed by atoms with Crippen LogP contribution in [0.3, 0.4) is 0 Å². The van der Waals surface area contributed by atoms with Gasteiger partial charge in [-0.2, -0.15) is 0 Å². The van der Waals surface area contributed by atoms with E-state index in [2.05, 4.69) is 24.7 Å². The molecule has 0 spiro atoms. The van der Waals surface area contributed by atoms with Crippen LogP contribution in [0.4, 0.5) is 0 Å². The summed E-state index contributed by atoms with van der Waals surface area (Å²) in [5.74, 6) is -0.0547. The van der Waals surface area contributed by atoms with Crippen molar-refractivity contribution in [1.29, 1.82) is 0 Å². The number of amides is 1. The van der Waals surface area contributed by atoms with Gasteiger partial charge < -0.3 is 5.11 Å². The number of hydrogen-bond donors (Lipinski definition) is 3. The fourth-order valence-corrected chi connectivity index (χ4v) is 0.977. The molecule has 0 saturated carbocycles. The Balaban J connectivity index is 3.44. The Morgan fingerprint density at radius 3 is 2.46 bits per heavy atom. The Labute approximate surface area is 79.7 Å². The third-order valence-corrected chi connectivity index (χ3v) is 1.96. The van der Waals surface area contributed by atoms with Crippen LogP contribution in [0.15, 0.2) is 0 Å². The molecule has 0 aromatic carbocycles. The second-order valence-electron chi connectivity index (χ2n) is 3.03. The van der Waals surface area contributed by atoms with Crippen molar-refractivity contribution >= 4 is 5.91 Å². The van der Waals surface area contributed by atoms with Crippen LogP contribution in [-0.4, -0.2) is 23.7 Å². The average molecular weight is 188 g/mol. The SMILES string of the molecule is CCC(CC)NNC(=O)CCCO. The van der Waals surface area contributed by atoms with Gasteiger partial charge in [0.1, 0.15) is 0 Å². The topological polar surface area (TPSA) is 61.4 Å². The second-order valence-corrected chi connectivity index (χ2v) is 3.03. The lowest BCUT2D eigenvalue weighted by Gasteiger charge is -2.15. The summed E-state index contributed by atoms with van der Waals surface area (Å²) in [7, 11) is 0. The lowest BCUT2D eigenvalue weighted by molar-refractivity contribution is -0.122. The summed E-state index contributed by atoms with van der Waals surface area (Å²) in [6.07, 6.45) is 2.90. The predicted molar refractivity (Wildman–Crippen MR) is 52.0 cm³/mol. The Kier molecular flexibility index (Phi) is 7.63. The molecule has 0 aromatic heterocycles. The third-order valence-electron chi connectivity index (χ3n) is 1.96. The highest BCUT2D eigenvalue weighted by Gasteiger charge is 2.04. The molecule has 0 saturated heterocycles. The molecule has 0 aliphatic rings. The smallest absolute Gasteiger partial charge is 0.234 e. The van der Waals surface area contributed by atoms with E-state index in [0.29, 0.717) is 18.9 Å². The summed E-state index contributed by atoms with van der Waals surface area (Å²) in [4.78, 5) is 11.1. The molecule has 4 nitrogen and oxygen atoms in total. The van der Waals surface area contributed by atoms with Crippen molar-refractivity contribution in [2.24, 2.45) is 0 Å². The van der Waals surface area contributed by atoms with E-state index in [0.717, 1.165) is 12.8 Å². The minimum absolute atomic E-state index is 0.0547. The number of hydrogen-bond acceptors (Lipinski definition) is 3. The highest BCUT2D eigenvalue weighted by atomic mass is 16.3. The van der Waals surface area contributed by atoms with E-state index >= 15 is 0 Å². The van der Waals surface area contributed by atoms with Crippen molar-refractivity contribution in [3.63, 3.8) is 0 Å². The van der Waals surface area contributed by atoms with Crippen LogP contribution in [-0.2, 0) is 4.79 Å². The monoisotopic (exact) mass is 188 g/mol. The van der Waals surface area contributed by atoms with E-state index in [9.17, 15) is 4.79 Å². The van der Waals surface area contributed by atoms with Gasteiger partial charge in [-0.25, -0.2) is 5.43 Å². The largest absolute Gasteiger partial charge is 0.396 e. The van der Waals surface area contributed by atoms with Crippen LogP contribution in [0.1, 0.15) is 39.5 Å². The van der Waals surface area contributed by atoms with Gasteiger partial charge in [-0.15, -0.1) is 0 Å². The van der Waals surface area contributed by atoms with E-state index in [-0.39, 0.29) is 12.5 Å². The van der Waals surface area contributed by atoms with Crippen molar-refractivity contribution < 1.29 is 9.90 Å². The van der Waals surface area contributed by atoms with Gasteiger partial charge in [0.05, 0.1) is 0 Å². The Hall–Kier alpha value is -0.610. The first kappa shape index (κ1) is 12.4. The van der Waals surface area contributed by atoms with E-state index in [1.165, 1.54) is 0 Å². The Bertz CT molecular complexity index is 136. The zero-order valence-electron chi connectivity index (χ0n) is 8.47. The number of aliphatic hydroxyl groups excluding tert-OH is 1. The fraction of sp³-hybridized carbons (Fsp3) is 0.889. The zero-order valence-corrected chi connectivity index (χ0v) is 8.47. The molecule has 0 unspecified atom stereocenters. The number of carbonyl (C=O) groups excluding carboxylic acids is 1. The van der Waals surface area contributed by atoms with Gasteiger partial charge in [-0.1, -0.05) is 13.8 Å². The summed E-state index contributed by atoms with van der Waals surface area (Å²) < 4.78 is 0. The number of rotatable bonds is 7. The second kappa shape index (κ2) is 8.01. The van der Waals surface area contributed by atoms with Crippen molar-refractivity contribution in [3.05, 3.63) is 0 Å². The highest BCUT2D eigenvalue weighted by Crippen LogP contribution is 1.94. The predicted octanol–water partition coefficient (Wildman–Crippen LogP) is 0.568. The van der Waals surface area contributed by atoms with E-state index in [4.69, 9.17) is 5.11 Å². The Morgan fingerprint density at radius 2 is 2.00 bits per heavy atom. The molecule has 0 bridgehead atoms.